The molecule has 2 atom stereocenters. The summed E-state index contributed by atoms with van der Waals surface area (Å²) < 4.78 is 5.10. The Labute approximate surface area is 95.2 Å². The van der Waals surface area contributed by atoms with Gasteiger partial charge in [-0.15, -0.1) is 0 Å². The number of hydrogen-bond acceptors (Lipinski definition) is 5. The van der Waals surface area contributed by atoms with E-state index in [1.807, 2.05) is 6.92 Å². The van der Waals surface area contributed by atoms with Crippen LogP contribution in [0.4, 0.5) is 0 Å². The zero-order valence-corrected chi connectivity index (χ0v) is 9.65. The minimum absolute atomic E-state index is 0.606. The van der Waals surface area contributed by atoms with E-state index in [0.717, 1.165) is 6.04 Å². The molecular weight excluding hydrogens is 204 g/mol. The van der Waals surface area contributed by atoms with Crippen LogP contribution in [0.15, 0.2) is 4.52 Å². The van der Waals surface area contributed by atoms with Gasteiger partial charge in [-0.25, -0.2) is 0 Å². The second-order valence-corrected chi connectivity index (χ2v) is 4.76. The summed E-state index contributed by atoms with van der Waals surface area (Å²) in [5.74, 6) is 1.42. The van der Waals surface area contributed by atoms with Crippen molar-refractivity contribution in [2.45, 2.75) is 44.8 Å². The number of aromatic nitrogens is 2. The standard InChI is InChI=1S/C11H18N4O/c1-8-13-11(16-14-8)7-12-9-4-6-15-5-2-3-10(9)15/h9-10,12H,2-7H2,1H3. The molecule has 2 aliphatic heterocycles. The van der Waals surface area contributed by atoms with Crippen molar-refractivity contribution >= 4 is 0 Å². The lowest BCUT2D eigenvalue weighted by molar-refractivity contribution is 0.290. The summed E-state index contributed by atoms with van der Waals surface area (Å²) in [5, 5.41) is 7.34. The molecule has 5 heteroatoms. The number of nitrogens with zero attached hydrogens (tertiary/aromatic N) is 3. The van der Waals surface area contributed by atoms with Crippen molar-refractivity contribution in [2.24, 2.45) is 0 Å². The highest BCUT2D eigenvalue weighted by molar-refractivity contribution is 4.96. The summed E-state index contributed by atoms with van der Waals surface area (Å²) in [7, 11) is 0. The molecule has 0 spiro atoms. The Hall–Kier alpha value is -0.940. The summed E-state index contributed by atoms with van der Waals surface area (Å²) in [5.41, 5.74) is 0. The quantitative estimate of drug-likeness (QED) is 0.816. The molecule has 1 aromatic rings. The maximum absolute atomic E-state index is 5.10. The Bertz CT molecular complexity index is 365. The first-order valence-corrected chi connectivity index (χ1v) is 6.09. The number of nitrogens with one attached hydrogen (secondary N) is 1. The number of rotatable bonds is 3. The highest BCUT2D eigenvalue weighted by Crippen LogP contribution is 2.27. The minimum Gasteiger partial charge on any atom is -0.338 e. The lowest BCUT2D eigenvalue weighted by Crippen LogP contribution is -2.38. The monoisotopic (exact) mass is 222 g/mol. The normalized spacial score (nSPS) is 29.8. The van der Waals surface area contributed by atoms with Gasteiger partial charge in [-0.1, -0.05) is 5.16 Å². The Morgan fingerprint density at radius 2 is 2.38 bits per heavy atom. The lowest BCUT2D eigenvalue weighted by Gasteiger charge is -2.20. The summed E-state index contributed by atoms with van der Waals surface area (Å²) >= 11 is 0. The molecule has 16 heavy (non-hydrogen) atoms. The molecule has 0 saturated carbocycles. The molecule has 0 radical (unpaired) electrons. The van der Waals surface area contributed by atoms with Crippen molar-refractivity contribution in [1.29, 1.82) is 0 Å². The number of hydrogen-bond donors (Lipinski definition) is 1. The van der Waals surface area contributed by atoms with Crippen molar-refractivity contribution in [1.82, 2.24) is 20.4 Å². The van der Waals surface area contributed by atoms with E-state index in [2.05, 4.69) is 20.4 Å². The number of fused-ring (bicyclic) bond motifs is 1. The largest absolute Gasteiger partial charge is 0.338 e. The van der Waals surface area contributed by atoms with Crippen LogP contribution < -0.4 is 5.32 Å². The Morgan fingerprint density at radius 3 is 3.19 bits per heavy atom. The summed E-state index contributed by atoms with van der Waals surface area (Å²) in [6.45, 7) is 5.07. The molecule has 1 N–H and O–H groups in total. The van der Waals surface area contributed by atoms with Crippen LogP contribution in [0.1, 0.15) is 31.0 Å². The summed E-state index contributed by atoms with van der Waals surface area (Å²) in [6.07, 6.45) is 3.93. The third-order valence-electron chi connectivity index (χ3n) is 3.69. The Morgan fingerprint density at radius 1 is 1.44 bits per heavy atom. The lowest BCUT2D eigenvalue weighted by atomic mass is 10.1. The average Bonchev–Trinajstić information content (AvgIpc) is 2.91. The van der Waals surface area contributed by atoms with Crippen LogP contribution in [0.2, 0.25) is 0 Å². The van der Waals surface area contributed by atoms with E-state index < -0.39 is 0 Å². The first-order chi connectivity index (χ1) is 7.83. The summed E-state index contributed by atoms with van der Waals surface area (Å²) in [4.78, 5) is 6.80. The van der Waals surface area contributed by atoms with Gasteiger partial charge in [0.2, 0.25) is 5.89 Å². The highest BCUT2D eigenvalue weighted by atomic mass is 16.5. The van der Waals surface area contributed by atoms with E-state index in [0.29, 0.717) is 24.3 Å². The van der Waals surface area contributed by atoms with Gasteiger partial charge in [0.1, 0.15) is 0 Å². The van der Waals surface area contributed by atoms with Gasteiger partial charge in [-0.3, -0.25) is 4.90 Å². The maximum Gasteiger partial charge on any atom is 0.240 e. The molecule has 2 saturated heterocycles. The fraction of sp³-hybridized carbons (Fsp3) is 0.818. The van der Waals surface area contributed by atoms with Gasteiger partial charge in [0.25, 0.3) is 0 Å². The highest BCUT2D eigenvalue weighted by Gasteiger charge is 2.36. The topological polar surface area (TPSA) is 54.2 Å². The predicted octanol–water partition coefficient (Wildman–Crippen LogP) is 0.704. The van der Waals surface area contributed by atoms with E-state index >= 15 is 0 Å². The molecule has 0 amide bonds. The molecule has 1 aromatic heterocycles. The second-order valence-electron chi connectivity index (χ2n) is 4.76. The van der Waals surface area contributed by atoms with Gasteiger partial charge in [0.15, 0.2) is 5.82 Å². The van der Waals surface area contributed by atoms with Gasteiger partial charge < -0.3 is 9.84 Å². The fourth-order valence-electron chi connectivity index (χ4n) is 2.95. The third-order valence-corrected chi connectivity index (χ3v) is 3.69. The van der Waals surface area contributed by atoms with E-state index in [9.17, 15) is 0 Å². The van der Waals surface area contributed by atoms with Crippen molar-refractivity contribution in [3.8, 4) is 0 Å². The first-order valence-electron chi connectivity index (χ1n) is 6.09. The third kappa shape index (κ3) is 1.85. The molecule has 2 fully saturated rings. The van der Waals surface area contributed by atoms with Crippen molar-refractivity contribution in [3.05, 3.63) is 11.7 Å². The zero-order valence-electron chi connectivity index (χ0n) is 9.65. The molecule has 0 aliphatic carbocycles. The Kier molecular flexibility index (Phi) is 2.65. The van der Waals surface area contributed by atoms with Crippen molar-refractivity contribution < 1.29 is 4.52 Å². The molecule has 0 bridgehead atoms. The van der Waals surface area contributed by atoms with Crippen molar-refractivity contribution in [3.63, 3.8) is 0 Å². The van der Waals surface area contributed by atoms with E-state index in [1.165, 1.54) is 32.4 Å². The molecule has 2 aliphatic rings. The van der Waals surface area contributed by atoms with Crippen LogP contribution in [-0.2, 0) is 6.54 Å². The zero-order chi connectivity index (χ0) is 11.0. The van der Waals surface area contributed by atoms with Crippen LogP contribution >= 0.6 is 0 Å². The van der Waals surface area contributed by atoms with E-state index in [-0.39, 0.29) is 0 Å². The van der Waals surface area contributed by atoms with Gasteiger partial charge in [0, 0.05) is 18.6 Å². The molecule has 3 heterocycles. The number of aryl methyl sites for hydroxylation is 1. The maximum atomic E-state index is 5.10. The molecule has 5 nitrogen and oxygen atoms in total. The van der Waals surface area contributed by atoms with Gasteiger partial charge in [0.05, 0.1) is 6.54 Å². The molecule has 3 rings (SSSR count). The van der Waals surface area contributed by atoms with Gasteiger partial charge in [-0.2, -0.15) is 4.98 Å². The molecule has 88 valence electrons. The Balaban J connectivity index is 1.55. The fourth-order valence-corrected chi connectivity index (χ4v) is 2.95. The van der Waals surface area contributed by atoms with Gasteiger partial charge in [-0.05, 0) is 32.7 Å². The van der Waals surface area contributed by atoms with Crippen LogP contribution in [0.25, 0.3) is 0 Å². The first kappa shape index (κ1) is 10.2. The van der Waals surface area contributed by atoms with Crippen molar-refractivity contribution in [2.75, 3.05) is 13.1 Å². The summed E-state index contributed by atoms with van der Waals surface area (Å²) in [6, 6.07) is 1.35. The van der Waals surface area contributed by atoms with Crippen LogP contribution in [-0.4, -0.2) is 40.2 Å². The van der Waals surface area contributed by atoms with E-state index in [4.69, 9.17) is 4.52 Å². The predicted molar refractivity (Wildman–Crippen MR) is 58.9 cm³/mol. The van der Waals surface area contributed by atoms with Crippen LogP contribution in [0.3, 0.4) is 0 Å². The smallest absolute Gasteiger partial charge is 0.240 e. The molecule has 0 aromatic carbocycles. The average molecular weight is 222 g/mol. The minimum atomic E-state index is 0.606. The van der Waals surface area contributed by atoms with E-state index in [1.54, 1.807) is 0 Å². The molecular formula is C11H18N4O. The van der Waals surface area contributed by atoms with Gasteiger partial charge >= 0.3 is 0 Å². The molecule has 2 unspecified atom stereocenters. The van der Waals surface area contributed by atoms with Crippen LogP contribution in [0, 0.1) is 6.92 Å². The second kappa shape index (κ2) is 4.14. The SMILES string of the molecule is Cc1noc(CNC2CCN3CCCC23)n1. The van der Waals surface area contributed by atoms with Crippen LogP contribution in [0.5, 0.6) is 0 Å².